The number of rotatable bonds is 5. The van der Waals surface area contributed by atoms with Gasteiger partial charge in [0.1, 0.15) is 5.82 Å². The predicted molar refractivity (Wildman–Crippen MR) is 77.0 cm³/mol. The van der Waals surface area contributed by atoms with E-state index in [-0.39, 0.29) is 4.90 Å². The molecule has 1 aromatic carbocycles. The largest absolute Gasteiger partial charge is 0.481 e. The average Bonchev–Trinajstić information content (AvgIpc) is 2.30. The number of aliphatic carboxylic acids is 1. The zero-order valence-corrected chi connectivity index (χ0v) is 13.5. The molecule has 0 atom stereocenters. The standard InChI is InChI=1S/C14H20FNO4S/c1-9-6-7-10(15)8-11(9)21(19,20)16-14(4,5)13(2,3)12(17)18/h6-8,16H,1-5H3,(H,17,18). The summed E-state index contributed by atoms with van der Waals surface area (Å²) in [6, 6.07) is 3.45. The summed E-state index contributed by atoms with van der Waals surface area (Å²) in [5, 5.41) is 9.25. The van der Waals surface area contributed by atoms with Gasteiger partial charge in [-0.05, 0) is 52.3 Å². The van der Waals surface area contributed by atoms with Crippen molar-refractivity contribution in [3.63, 3.8) is 0 Å². The number of nitrogens with one attached hydrogen (secondary N) is 1. The highest BCUT2D eigenvalue weighted by molar-refractivity contribution is 7.89. The van der Waals surface area contributed by atoms with Gasteiger partial charge in [0.25, 0.3) is 0 Å². The first-order valence-corrected chi connectivity index (χ1v) is 7.83. The van der Waals surface area contributed by atoms with E-state index in [0.29, 0.717) is 5.56 Å². The van der Waals surface area contributed by atoms with E-state index in [1.54, 1.807) is 6.92 Å². The van der Waals surface area contributed by atoms with Crippen LogP contribution in [0.4, 0.5) is 4.39 Å². The highest BCUT2D eigenvalue weighted by atomic mass is 32.2. The highest BCUT2D eigenvalue weighted by Gasteiger charge is 2.46. The molecule has 1 rings (SSSR count). The molecule has 0 radical (unpaired) electrons. The lowest BCUT2D eigenvalue weighted by molar-refractivity contribution is -0.150. The number of hydrogen-bond acceptors (Lipinski definition) is 3. The Bertz CT molecular complexity index is 666. The number of carboxylic acids is 1. The third-order valence-electron chi connectivity index (χ3n) is 3.93. The van der Waals surface area contributed by atoms with Gasteiger partial charge in [0.2, 0.25) is 10.0 Å². The second kappa shape index (κ2) is 5.38. The molecule has 0 amide bonds. The maximum Gasteiger partial charge on any atom is 0.310 e. The molecule has 0 fully saturated rings. The van der Waals surface area contributed by atoms with Gasteiger partial charge in [-0.15, -0.1) is 0 Å². The Morgan fingerprint density at radius 2 is 1.76 bits per heavy atom. The third kappa shape index (κ3) is 3.41. The lowest BCUT2D eigenvalue weighted by atomic mass is 9.75. The van der Waals surface area contributed by atoms with Crippen molar-refractivity contribution in [1.29, 1.82) is 0 Å². The molecule has 1 aromatic rings. The van der Waals surface area contributed by atoms with Gasteiger partial charge in [-0.25, -0.2) is 17.5 Å². The molecule has 0 aliphatic rings. The Balaban J connectivity index is 3.28. The van der Waals surface area contributed by atoms with Crippen molar-refractivity contribution in [1.82, 2.24) is 4.72 Å². The van der Waals surface area contributed by atoms with E-state index in [9.17, 15) is 22.7 Å². The van der Waals surface area contributed by atoms with Gasteiger partial charge in [0.05, 0.1) is 10.3 Å². The van der Waals surface area contributed by atoms with Gasteiger partial charge in [0, 0.05) is 5.54 Å². The summed E-state index contributed by atoms with van der Waals surface area (Å²) in [4.78, 5) is 11.1. The summed E-state index contributed by atoms with van der Waals surface area (Å²) in [5.74, 6) is -1.80. The van der Waals surface area contributed by atoms with Crippen LogP contribution in [-0.2, 0) is 14.8 Å². The minimum atomic E-state index is -4.04. The van der Waals surface area contributed by atoms with Crippen LogP contribution in [0, 0.1) is 18.2 Å². The van der Waals surface area contributed by atoms with Crippen molar-refractivity contribution >= 4 is 16.0 Å². The van der Waals surface area contributed by atoms with Crippen molar-refractivity contribution in [2.24, 2.45) is 5.41 Å². The van der Waals surface area contributed by atoms with Crippen molar-refractivity contribution in [3.8, 4) is 0 Å². The Morgan fingerprint density at radius 3 is 2.24 bits per heavy atom. The molecule has 0 aliphatic heterocycles. The number of hydrogen-bond donors (Lipinski definition) is 2. The zero-order valence-electron chi connectivity index (χ0n) is 12.7. The molecule has 7 heteroatoms. The Hall–Kier alpha value is -1.47. The van der Waals surface area contributed by atoms with Crippen LogP contribution in [0.25, 0.3) is 0 Å². The van der Waals surface area contributed by atoms with E-state index in [1.165, 1.54) is 39.8 Å². The second-order valence-electron chi connectivity index (χ2n) is 6.07. The summed E-state index contributed by atoms with van der Waals surface area (Å²) in [5.41, 5.74) is -2.23. The predicted octanol–water partition coefficient (Wildman–Crippen LogP) is 2.30. The van der Waals surface area contributed by atoms with Crippen LogP contribution in [0.3, 0.4) is 0 Å². The van der Waals surface area contributed by atoms with Crippen molar-refractivity contribution in [2.45, 2.75) is 45.1 Å². The lowest BCUT2D eigenvalue weighted by Crippen LogP contribution is -2.56. The number of aryl methyl sites for hydroxylation is 1. The maximum atomic E-state index is 13.3. The highest BCUT2D eigenvalue weighted by Crippen LogP contribution is 2.32. The van der Waals surface area contributed by atoms with E-state index in [0.717, 1.165) is 6.07 Å². The maximum absolute atomic E-state index is 13.3. The minimum absolute atomic E-state index is 0.197. The fourth-order valence-corrected chi connectivity index (χ4v) is 3.45. The van der Waals surface area contributed by atoms with Gasteiger partial charge in [-0.1, -0.05) is 6.07 Å². The third-order valence-corrected chi connectivity index (χ3v) is 5.72. The number of benzene rings is 1. The molecule has 5 nitrogen and oxygen atoms in total. The monoisotopic (exact) mass is 317 g/mol. The quantitative estimate of drug-likeness (QED) is 0.873. The Labute approximate surface area is 124 Å². The van der Waals surface area contributed by atoms with Gasteiger partial charge in [-0.2, -0.15) is 0 Å². The molecule has 0 saturated heterocycles. The second-order valence-corrected chi connectivity index (χ2v) is 7.72. The SMILES string of the molecule is Cc1ccc(F)cc1S(=O)(=O)NC(C)(C)C(C)(C)C(=O)O. The van der Waals surface area contributed by atoms with Crippen LogP contribution >= 0.6 is 0 Å². The van der Waals surface area contributed by atoms with Crippen LogP contribution < -0.4 is 4.72 Å². The first kappa shape index (κ1) is 17.6. The van der Waals surface area contributed by atoms with Crippen LogP contribution in [0.5, 0.6) is 0 Å². The average molecular weight is 317 g/mol. The van der Waals surface area contributed by atoms with E-state index in [2.05, 4.69) is 4.72 Å². The minimum Gasteiger partial charge on any atom is -0.481 e. The van der Waals surface area contributed by atoms with E-state index in [4.69, 9.17) is 0 Å². The van der Waals surface area contributed by atoms with Crippen molar-refractivity contribution in [2.75, 3.05) is 0 Å². The summed E-state index contributed by atoms with van der Waals surface area (Å²) >= 11 is 0. The van der Waals surface area contributed by atoms with Gasteiger partial charge >= 0.3 is 5.97 Å². The molecule has 2 N–H and O–H groups in total. The molecule has 0 saturated carbocycles. The van der Waals surface area contributed by atoms with Gasteiger partial charge < -0.3 is 5.11 Å². The molecular formula is C14H20FNO4S. The zero-order chi connectivity index (χ0) is 16.6. The van der Waals surface area contributed by atoms with E-state index >= 15 is 0 Å². The first-order chi connectivity index (χ1) is 9.31. The Morgan fingerprint density at radius 1 is 1.24 bits per heavy atom. The molecule has 0 aromatic heterocycles. The van der Waals surface area contributed by atoms with E-state index < -0.39 is 32.8 Å². The number of sulfonamides is 1. The molecule has 0 aliphatic carbocycles. The molecular weight excluding hydrogens is 297 g/mol. The van der Waals surface area contributed by atoms with Gasteiger partial charge in [0.15, 0.2) is 0 Å². The summed E-state index contributed by atoms with van der Waals surface area (Å²) in [6.07, 6.45) is 0. The summed E-state index contributed by atoms with van der Waals surface area (Å²) < 4.78 is 40.5. The molecule has 21 heavy (non-hydrogen) atoms. The number of carboxylic acid groups (broad SMARTS) is 1. The smallest absolute Gasteiger partial charge is 0.310 e. The fourth-order valence-electron chi connectivity index (χ4n) is 1.65. The topological polar surface area (TPSA) is 83.5 Å². The first-order valence-electron chi connectivity index (χ1n) is 6.35. The Kier molecular flexibility index (Phi) is 4.51. The van der Waals surface area contributed by atoms with Crippen LogP contribution in [0.2, 0.25) is 0 Å². The van der Waals surface area contributed by atoms with Gasteiger partial charge in [-0.3, -0.25) is 4.79 Å². The van der Waals surface area contributed by atoms with Crippen LogP contribution in [0.1, 0.15) is 33.3 Å². The number of carbonyl (C=O) groups is 1. The molecule has 0 spiro atoms. The molecule has 0 bridgehead atoms. The number of halogens is 1. The van der Waals surface area contributed by atoms with Crippen LogP contribution in [0.15, 0.2) is 23.1 Å². The molecule has 0 unspecified atom stereocenters. The summed E-state index contributed by atoms with van der Waals surface area (Å²) in [7, 11) is -4.04. The summed E-state index contributed by atoms with van der Waals surface area (Å²) in [6.45, 7) is 7.36. The van der Waals surface area contributed by atoms with Crippen LogP contribution in [-0.4, -0.2) is 25.0 Å². The normalized spacial score (nSPS) is 13.2. The molecule has 118 valence electrons. The van der Waals surface area contributed by atoms with Crippen molar-refractivity contribution < 1.29 is 22.7 Å². The van der Waals surface area contributed by atoms with Crippen molar-refractivity contribution in [3.05, 3.63) is 29.6 Å². The fraction of sp³-hybridized carbons (Fsp3) is 0.500. The molecule has 0 heterocycles. The van der Waals surface area contributed by atoms with E-state index in [1.807, 2.05) is 0 Å². The lowest BCUT2D eigenvalue weighted by Gasteiger charge is -2.38.